The number of aromatic amines is 1. The molecule has 1 unspecified atom stereocenters. The molecule has 1 atom stereocenters. The van der Waals surface area contributed by atoms with Crippen molar-refractivity contribution in [2.24, 2.45) is 0 Å². The highest BCUT2D eigenvalue weighted by Crippen LogP contribution is 2.34. The number of anilines is 1. The SMILES string of the molecule is CCCN1C(=O)COc2ccc(C(=O)C(C)Sc3n[nH]c(C(C)C)n3)cc21. The number of thioether (sulfide) groups is 1. The van der Waals surface area contributed by atoms with E-state index in [-0.39, 0.29) is 29.5 Å². The number of H-pyrrole nitrogens is 1. The Hall–Kier alpha value is -2.35. The van der Waals surface area contributed by atoms with Crippen LogP contribution in [-0.4, -0.2) is 45.3 Å². The number of fused-ring (bicyclic) bond motifs is 1. The number of hydrogen-bond donors (Lipinski definition) is 1. The van der Waals surface area contributed by atoms with Gasteiger partial charge in [0.15, 0.2) is 12.4 Å². The van der Waals surface area contributed by atoms with Crippen LogP contribution in [0.3, 0.4) is 0 Å². The summed E-state index contributed by atoms with van der Waals surface area (Å²) in [6, 6.07) is 5.26. The number of ketones is 1. The van der Waals surface area contributed by atoms with Gasteiger partial charge >= 0.3 is 0 Å². The monoisotopic (exact) mass is 388 g/mol. The molecule has 27 heavy (non-hydrogen) atoms. The van der Waals surface area contributed by atoms with Gasteiger partial charge in [0.1, 0.15) is 11.6 Å². The summed E-state index contributed by atoms with van der Waals surface area (Å²) < 4.78 is 5.50. The number of aromatic nitrogens is 3. The molecule has 1 aliphatic rings. The topological polar surface area (TPSA) is 88.2 Å². The van der Waals surface area contributed by atoms with E-state index in [0.717, 1.165) is 12.2 Å². The van der Waals surface area contributed by atoms with Gasteiger partial charge in [-0.3, -0.25) is 14.7 Å². The molecule has 0 radical (unpaired) electrons. The Kier molecular flexibility index (Phi) is 5.84. The van der Waals surface area contributed by atoms with Crippen LogP contribution in [0.4, 0.5) is 5.69 Å². The molecule has 0 bridgehead atoms. The average Bonchev–Trinajstić information content (AvgIpc) is 3.12. The van der Waals surface area contributed by atoms with Crippen molar-refractivity contribution in [3.8, 4) is 5.75 Å². The van der Waals surface area contributed by atoms with Gasteiger partial charge in [0, 0.05) is 18.0 Å². The summed E-state index contributed by atoms with van der Waals surface area (Å²) in [6.45, 7) is 8.55. The van der Waals surface area contributed by atoms with Crippen LogP contribution < -0.4 is 9.64 Å². The lowest BCUT2D eigenvalue weighted by Crippen LogP contribution is -2.39. The maximum Gasteiger partial charge on any atom is 0.265 e. The van der Waals surface area contributed by atoms with Crippen molar-refractivity contribution >= 4 is 29.1 Å². The molecule has 7 nitrogen and oxygen atoms in total. The zero-order valence-electron chi connectivity index (χ0n) is 16.0. The van der Waals surface area contributed by atoms with E-state index in [4.69, 9.17) is 4.74 Å². The fraction of sp³-hybridized carbons (Fsp3) is 0.474. The minimum atomic E-state index is -0.348. The van der Waals surface area contributed by atoms with Crippen LogP contribution in [0.5, 0.6) is 5.75 Å². The van der Waals surface area contributed by atoms with Crippen LogP contribution in [0.2, 0.25) is 0 Å². The van der Waals surface area contributed by atoms with Crippen molar-refractivity contribution in [1.29, 1.82) is 0 Å². The highest BCUT2D eigenvalue weighted by Gasteiger charge is 2.27. The Labute approximate surface area is 162 Å². The van der Waals surface area contributed by atoms with E-state index in [9.17, 15) is 9.59 Å². The number of nitrogens with one attached hydrogen (secondary N) is 1. The molecule has 1 aromatic heterocycles. The molecule has 3 rings (SSSR count). The van der Waals surface area contributed by atoms with E-state index >= 15 is 0 Å². The second-order valence-corrected chi connectivity index (χ2v) is 8.11. The number of amides is 1. The smallest absolute Gasteiger partial charge is 0.265 e. The van der Waals surface area contributed by atoms with Gasteiger partial charge < -0.3 is 9.64 Å². The molecule has 0 saturated heterocycles. The zero-order chi connectivity index (χ0) is 19.6. The van der Waals surface area contributed by atoms with Crippen LogP contribution in [0.15, 0.2) is 23.4 Å². The lowest BCUT2D eigenvalue weighted by Gasteiger charge is -2.29. The van der Waals surface area contributed by atoms with Crippen molar-refractivity contribution < 1.29 is 14.3 Å². The first-order valence-corrected chi connectivity index (χ1v) is 9.99. The summed E-state index contributed by atoms with van der Waals surface area (Å²) in [5, 5.41) is 7.28. The number of carbonyl (C=O) groups excluding carboxylic acids is 2. The molecule has 1 aliphatic heterocycles. The van der Waals surface area contributed by atoms with Crippen molar-refractivity contribution in [1.82, 2.24) is 15.2 Å². The minimum Gasteiger partial charge on any atom is -0.482 e. The number of nitrogens with zero attached hydrogens (tertiary/aromatic N) is 3. The molecule has 2 heterocycles. The third-order valence-electron chi connectivity index (χ3n) is 4.31. The van der Waals surface area contributed by atoms with Gasteiger partial charge in [0.2, 0.25) is 5.16 Å². The van der Waals surface area contributed by atoms with Gasteiger partial charge in [-0.2, -0.15) is 0 Å². The van der Waals surface area contributed by atoms with Crippen LogP contribution in [-0.2, 0) is 4.79 Å². The largest absolute Gasteiger partial charge is 0.482 e. The molecule has 0 spiro atoms. The van der Waals surface area contributed by atoms with E-state index < -0.39 is 0 Å². The van der Waals surface area contributed by atoms with E-state index in [0.29, 0.717) is 28.7 Å². The predicted octanol–water partition coefficient (Wildman–Crippen LogP) is 3.43. The van der Waals surface area contributed by atoms with Gasteiger partial charge in [0.25, 0.3) is 5.91 Å². The van der Waals surface area contributed by atoms with E-state index in [2.05, 4.69) is 15.2 Å². The Balaban J connectivity index is 1.79. The first-order chi connectivity index (χ1) is 12.9. The molecule has 8 heteroatoms. The van der Waals surface area contributed by atoms with Gasteiger partial charge in [-0.05, 0) is 31.5 Å². The molecule has 2 aromatic rings. The fourth-order valence-electron chi connectivity index (χ4n) is 2.84. The summed E-state index contributed by atoms with van der Waals surface area (Å²) in [6.07, 6.45) is 0.832. The van der Waals surface area contributed by atoms with Crippen molar-refractivity contribution in [3.05, 3.63) is 29.6 Å². The number of rotatable bonds is 7. The summed E-state index contributed by atoms with van der Waals surface area (Å²) in [5.41, 5.74) is 1.21. The molecule has 0 fully saturated rings. The maximum absolute atomic E-state index is 12.9. The van der Waals surface area contributed by atoms with E-state index in [1.165, 1.54) is 11.8 Å². The average molecular weight is 388 g/mol. The molecule has 1 N–H and O–H groups in total. The molecular formula is C19H24N4O3S. The van der Waals surface area contributed by atoms with Gasteiger partial charge in [-0.25, -0.2) is 4.98 Å². The Morgan fingerprint density at radius 3 is 2.81 bits per heavy atom. The summed E-state index contributed by atoms with van der Waals surface area (Å²) in [5.74, 6) is 1.57. The standard InChI is InChI=1S/C19H24N4O3S/c1-5-8-23-14-9-13(6-7-15(14)26-10-16(23)24)17(25)12(4)27-19-20-18(11(2)3)21-22-19/h6-7,9,11-12H,5,8,10H2,1-4H3,(H,20,21,22). The Morgan fingerprint density at radius 1 is 1.37 bits per heavy atom. The number of hydrogen-bond acceptors (Lipinski definition) is 6. The zero-order valence-corrected chi connectivity index (χ0v) is 16.8. The Bertz CT molecular complexity index is 849. The number of ether oxygens (including phenoxy) is 1. The highest BCUT2D eigenvalue weighted by molar-refractivity contribution is 8.00. The summed E-state index contributed by atoms with van der Waals surface area (Å²) in [4.78, 5) is 31.1. The molecular weight excluding hydrogens is 364 g/mol. The van der Waals surface area contributed by atoms with Crippen LogP contribution >= 0.6 is 11.8 Å². The van der Waals surface area contributed by atoms with Crippen LogP contribution in [0, 0.1) is 0 Å². The van der Waals surface area contributed by atoms with E-state index in [1.807, 2.05) is 27.7 Å². The van der Waals surface area contributed by atoms with Crippen molar-refractivity contribution in [2.75, 3.05) is 18.1 Å². The number of Topliss-reactive ketones (excluding diaryl/α,β-unsaturated/α-hetero) is 1. The lowest BCUT2D eigenvalue weighted by molar-refractivity contribution is -0.121. The van der Waals surface area contributed by atoms with E-state index in [1.54, 1.807) is 23.1 Å². The first-order valence-electron chi connectivity index (χ1n) is 9.11. The van der Waals surface area contributed by atoms with Gasteiger partial charge in [0.05, 0.1) is 10.9 Å². The summed E-state index contributed by atoms with van der Waals surface area (Å²) in [7, 11) is 0. The quantitative estimate of drug-likeness (QED) is 0.577. The fourth-order valence-corrected chi connectivity index (χ4v) is 3.65. The minimum absolute atomic E-state index is 0.0341. The first kappa shape index (κ1) is 19.4. The lowest BCUT2D eigenvalue weighted by atomic mass is 10.1. The molecule has 144 valence electrons. The number of benzene rings is 1. The molecule has 1 amide bonds. The second kappa shape index (κ2) is 8.12. The molecule has 0 saturated carbocycles. The maximum atomic E-state index is 12.9. The van der Waals surface area contributed by atoms with Gasteiger partial charge in [-0.15, -0.1) is 5.10 Å². The molecule has 0 aliphatic carbocycles. The van der Waals surface area contributed by atoms with Gasteiger partial charge in [-0.1, -0.05) is 32.5 Å². The highest BCUT2D eigenvalue weighted by atomic mass is 32.2. The predicted molar refractivity (Wildman–Crippen MR) is 105 cm³/mol. The van der Waals surface area contributed by atoms with Crippen molar-refractivity contribution in [2.45, 2.75) is 50.4 Å². The van der Waals surface area contributed by atoms with Crippen LogP contribution in [0.25, 0.3) is 0 Å². The third-order valence-corrected chi connectivity index (χ3v) is 5.28. The van der Waals surface area contributed by atoms with Crippen molar-refractivity contribution in [3.63, 3.8) is 0 Å². The summed E-state index contributed by atoms with van der Waals surface area (Å²) >= 11 is 1.32. The third kappa shape index (κ3) is 4.16. The molecule has 1 aromatic carbocycles. The Morgan fingerprint density at radius 2 is 2.15 bits per heavy atom. The normalized spacial score (nSPS) is 14.9. The van der Waals surface area contributed by atoms with Crippen LogP contribution in [0.1, 0.15) is 56.2 Å². The second-order valence-electron chi connectivity index (χ2n) is 6.80. The number of carbonyl (C=O) groups is 2.